The van der Waals surface area contributed by atoms with Gasteiger partial charge in [-0.2, -0.15) is 0 Å². The van der Waals surface area contributed by atoms with E-state index >= 15 is 0 Å². The van der Waals surface area contributed by atoms with Crippen molar-refractivity contribution in [3.63, 3.8) is 0 Å². The third kappa shape index (κ3) is 3.71. The summed E-state index contributed by atoms with van der Waals surface area (Å²) in [5.41, 5.74) is 3.26. The first kappa shape index (κ1) is 16.6. The summed E-state index contributed by atoms with van der Waals surface area (Å²) >= 11 is 0. The Morgan fingerprint density at radius 3 is 2.71 bits per heavy atom. The van der Waals surface area contributed by atoms with E-state index in [4.69, 9.17) is 0 Å². The van der Waals surface area contributed by atoms with E-state index < -0.39 is 0 Å². The quantitative estimate of drug-likeness (QED) is 0.468. The number of hydrogen-bond acceptors (Lipinski definition) is 1. The fraction of sp³-hybridized carbons (Fsp3) is 0.588. The minimum Gasteiger partial charge on any atom is -0.352 e. The van der Waals surface area contributed by atoms with E-state index in [9.17, 15) is 0 Å². The second kappa shape index (κ2) is 6.99. The lowest BCUT2D eigenvalue weighted by molar-refractivity contribution is 0.151. The molecule has 116 valence electrons. The highest BCUT2D eigenvalue weighted by molar-refractivity contribution is 14.0. The molecule has 1 spiro atoms. The molecular weight excluding hydrogens is 373 g/mol. The molecule has 0 atom stereocenters. The Hall–Kier alpha value is -0.780. The molecule has 1 aliphatic heterocycles. The molecule has 0 radical (unpaired) electrons. The van der Waals surface area contributed by atoms with Gasteiger partial charge in [-0.25, -0.2) is 0 Å². The van der Waals surface area contributed by atoms with Crippen LogP contribution in [0.15, 0.2) is 29.3 Å². The molecule has 1 saturated heterocycles. The van der Waals surface area contributed by atoms with E-state index in [1.807, 2.05) is 7.05 Å². The van der Waals surface area contributed by atoms with Crippen LogP contribution in [0.4, 0.5) is 0 Å². The van der Waals surface area contributed by atoms with Crippen LogP contribution in [0.3, 0.4) is 0 Å². The van der Waals surface area contributed by atoms with Gasteiger partial charge in [-0.1, -0.05) is 36.2 Å². The molecule has 0 bridgehead atoms. The highest BCUT2D eigenvalue weighted by atomic mass is 127. The van der Waals surface area contributed by atoms with Crippen molar-refractivity contribution in [2.45, 2.75) is 39.2 Å². The summed E-state index contributed by atoms with van der Waals surface area (Å²) in [6.45, 7) is 5.35. The van der Waals surface area contributed by atoms with Gasteiger partial charge in [0.25, 0.3) is 0 Å². The van der Waals surface area contributed by atoms with Gasteiger partial charge in [0.15, 0.2) is 5.96 Å². The number of aliphatic imine (C=N–C) groups is 1. The maximum absolute atomic E-state index is 4.46. The van der Waals surface area contributed by atoms with Crippen molar-refractivity contribution in [1.82, 2.24) is 10.2 Å². The number of hydrogen-bond donors (Lipinski definition) is 1. The minimum atomic E-state index is 0. The van der Waals surface area contributed by atoms with Crippen molar-refractivity contribution in [2.24, 2.45) is 10.4 Å². The summed E-state index contributed by atoms with van der Waals surface area (Å²) in [7, 11) is 1.89. The first-order valence-electron chi connectivity index (χ1n) is 7.72. The van der Waals surface area contributed by atoms with Crippen LogP contribution in [0.2, 0.25) is 0 Å². The van der Waals surface area contributed by atoms with Crippen molar-refractivity contribution in [3.8, 4) is 0 Å². The van der Waals surface area contributed by atoms with Gasteiger partial charge in [-0.3, -0.25) is 4.99 Å². The Bertz CT molecular complexity index is 509. The van der Waals surface area contributed by atoms with Crippen molar-refractivity contribution in [3.05, 3.63) is 35.4 Å². The molecule has 0 amide bonds. The molecular formula is C17H26IN3. The number of likely N-dealkylation sites (tertiary alicyclic amines) is 1. The lowest BCUT2D eigenvalue weighted by Crippen LogP contribution is -2.42. The molecule has 1 saturated carbocycles. The van der Waals surface area contributed by atoms with Crippen LogP contribution in [-0.2, 0) is 6.54 Å². The number of guanidine groups is 1. The second-order valence-corrected chi connectivity index (χ2v) is 6.41. The van der Waals surface area contributed by atoms with Crippen LogP contribution >= 0.6 is 24.0 Å². The van der Waals surface area contributed by atoms with E-state index in [2.05, 4.69) is 46.4 Å². The largest absolute Gasteiger partial charge is 0.352 e. The fourth-order valence-electron chi connectivity index (χ4n) is 3.54. The zero-order valence-electron chi connectivity index (χ0n) is 13.1. The summed E-state index contributed by atoms with van der Waals surface area (Å²) in [6.07, 6.45) is 5.60. The molecule has 1 heterocycles. The lowest BCUT2D eigenvalue weighted by Gasteiger charge is -2.38. The van der Waals surface area contributed by atoms with Crippen LogP contribution in [-0.4, -0.2) is 31.0 Å². The Morgan fingerprint density at radius 2 is 2.14 bits per heavy atom. The molecule has 3 rings (SSSR count). The number of aryl methyl sites for hydroxylation is 1. The van der Waals surface area contributed by atoms with Gasteiger partial charge in [0.05, 0.1) is 0 Å². The third-order valence-electron chi connectivity index (χ3n) is 4.90. The van der Waals surface area contributed by atoms with E-state index in [1.54, 1.807) is 0 Å². The molecule has 1 aromatic carbocycles. The van der Waals surface area contributed by atoms with E-state index in [0.717, 1.165) is 19.0 Å². The molecule has 21 heavy (non-hydrogen) atoms. The van der Waals surface area contributed by atoms with Gasteiger partial charge < -0.3 is 10.2 Å². The molecule has 1 aliphatic carbocycles. The Labute approximate surface area is 145 Å². The number of benzene rings is 1. The Balaban J connectivity index is 0.00000161. The summed E-state index contributed by atoms with van der Waals surface area (Å²) < 4.78 is 0. The maximum Gasteiger partial charge on any atom is 0.193 e. The molecule has 3 nitrogen and oxygen atoms in total. The molecule has 1 aromatic rings. The third-order valence-corrected chi connectivity index (χ3v) is 4.90. The van der Waals surface area contributed by atoms with Crippen molar-refractivity contribution >= 4 is 29.9 Å². The Morgan fingerprint density at radius 1 is 1.33 bits per heavy atom. The zero-order chi connectivity index (χ0) is 14.0. The molecule has 0 aromatic heterocycles. The first-order chi connectivity index (χ1) is 9.71. The second-order valence-electron chi connectivity index (χ2n) is 6.41. The number of nitrogens with one attached hydrogen (secondary N) is 1. The van der Waals surface area contributed by atoms with E-state index in [-0.39, 0.29) is 24.0 Å². The number of rotatable bonds is 2. The number of halogens is 1. The summed E-state index contributed by atoms with van der Waals surface area (Å²) in [4.78, 5) is 6.90. The van der Waals surface area contributed by atoms with Crippen molar-refractivity contribution in [2.75, 3.05) is 20.1 Å². The van der Waals surface area contributed by atoms with Crippen LogP contribution in [0.25, 0.3) is 0 Å². The minimum absolute atomic E-state index is 0. The zero-order valence-corrected chi connectivity index (χ0v) is 15.4. The van der Waals surface area contributed by atoms with Gasteiger partial charge in [0, 0.05) is 26.7 Å². The molecule has 2 fully saturated rings. The van der Waals surface area contributed by atoms with E-state index in [1.165, 1.54) is 43.4 Å². The van der Waals surface area contributed by atoms with Gasteiger partial charge >= 0.3 is 0 Å². The maximum atomic E-state index is 4.46. The predicted molar refractivity (Wildman–Crippen MR) is 99.3 cm³/mol. The summed E-state index contributed by atoms with van der Waals surface area (Å²) in [6, 6.07) is 8.66. The lowest BCUT2D eigenvalue weighted by atomic mass is 9.68. The predicted octanol–water partition coefficient (Wildman–Crippen LogP) is 3.56. The molecule has 1 N–H and O–H groups in total. The topological polar surface area (TPSA) is 27.6 Å². The van der Waals surface area contributed by atoms with E-state index in [0.29, 0.717) is 5.41 Å². The van der Waals surface area contributed by atoms with Crippen molar-refractivity contribution < 1.29 is 0 Å². The SMILES string of the molecule is CN=C(NCc1cccc(C)c1)N1CCC2(CCC2)C1.I. The highest BCUT2D eigenvalue weighted by Crippen LogP contribution is 2.47. The van der Waals surface area contributed by atoms with Gasteiger partial charge in [-0.05, 0) is 37.2 Å². The monoisotopic (exact) mass is 399 g/mol. The molecule has 2 aliphatic rings. The Kier molecular flexibility index (Phi) is 5.52. The molecule has 0 unspecified atom stereocenters. The fourth-order valence-corrected chi connectivity index (χ4v) is 3.54. The van der Waals surface area contributed by atoms with Gasteiger partial charge in [0.2, 0.25) is 0 Å². The molecule has 4 heteroatoms. The average molecular weight is 399 g/mol. The van der Waals surface area contributed by atoms with Crippen LogP contribution in [0.5, 0.6) is 0 Å². The smallest absolute Gasteiger partial charge is 0.193 e. The van der Waals surface area contributed by atoms with Gasteiger partial charge in [0.1, 0.15) is 0 Å². The summed E-state index contributed by atoms with van der Waals surface area (Å²) in [5, 5.41) is 3.52. The van der Waals surface area contributed by atoms with Crippen LogP contribution in [0, 0.1) is 12.3 Å². The average Bonchev–Trinajstić information content (AvgIpc) is 2.85. The normalized spacial score (nSPS) is 20.1. The summed E-state index contributed by atoms with van der Waals surface area (Å²) in [5.74, 6) is 1.07. The first-order valence-corrected chi connectivity index (χ1v) is 7.72. The highest BCUT2D eigenvalue weighted by Gasteiger charge is 2.43. The van der Waals surface area contributed by atoms with Crippen LogP contribution in [0.1, 0.15) is 36.8 Å². The van der Waals surface area contributed by atoms with Crippen LogP contribution < -0.4 is 5.32 Å². The van der Waals surface area contributed by atoms with Crippen molar-refractivity contribution in [1.29, 1.82) is 0 Å². The van der Waals surface area contributed by atoms with Gasteiger partial charge in [-0.15, -0.1) is 24.0 Å². The number of nitrogens with zero attached hydrogens (tertiary/aromatic N) is 2. The standard InChI is InChI=1S/C17H25N3.HI/c1-14-5-3-6-15(11-14)12-19-16(18-2)20-10-9-17(13-20)7-4-8-17;/h3,5-6,11H,4,7-10,12-13H2,1-2H3,(H,18,19);1H.